The highest BCUT2D eigenvalue weighted by Gasteiger charge is 2.44. The smallest absolute Gasteiger partial charge is 0.186 e. The van der Waals surface area contributed by atoms with Crippen molar-refractivity contribution in [1.29, 1.82) is 0 Å². The van der Waals surface area contributed by atoms with Crippen LogP contribution in [0.2, 0.25) is 0 Å². The second-order valence-electron chi connectivity index (χ2n) is 5.98. The quantitative estimate of drug-likeness (QED) is 0.373. The van der Waals surface area contributed by atoms with Crippen molar-refractivity contribution in [1.82, 2.24) is 0 Å². The summed E-state index contributed by atoms with van der Waals surface area (Å²) in [5, 5.41) is 57.9. The molecule has 4 unspecified atom stereocenters. The topological polar surface area (TPSA) is 140 Å². The first kappa shape index (κ1) is 19.1. The van der Waals surface area contributed by atoms with Crippen molar-refractivity contribution >= 4 is 0 Å². The van der Waals surface area contributed by atoms with Crippen molar-refractivity contribution in [2.75, 3.05) is 13.2 Å². The number of phenolic OH excluding ortho intramolecular Hbond substituents is 1. The van der Waals surface area contributed by atoms with Gasteiger partial charge in [0.25, 0.3) is 0 Å². The summed E-state index contributed by atoms with van der Waals surface area (Å²) >= 11 is 0. The van der Waals surface area contributed by atoms with Gasteiger partial charge in [-0.25, -0.2) is 0 Å². The first-order chi connectivity index (χ1) is 11.3. The molecule has 0 spiro atoms. The fourth-order valence-electron chi connectivity index (χ4n) is 2.54. The van der Waals surface area contributed by atoms with Gasteiger partial charge in [-0.05, 0) is 17.7 Å². The van der Waals surface area contributed by atoms with Crippen molar-refractivity contribution < 1.29 is 40.1 Å². The van der Waals surface area contributed by atoms with Gasteiger partial charge in [0.05, 0.1) is 19.3 Å². The van der Waals surface area contributed by atoms with Crippen molar-refractivity contribution in [3.8, 4) is 5.75 Å². The number of hydrogen-bond donors (Lipinski definition) is 6. The van der Waals surface area contributed by atoms with Gasteiger partial charge in [0.15, 0.2) is 6.29 Å². The van der Waals surface area contributed by atoms with Crippen molar-refractivity contribution in [2.45, 2.75) is 49.7 Å². The lowest BCUT2D eigenvalue weighted by atomic mass is 9.95. The highest BCUT2D eigenvalue weighted by molar-refractivity contribution is 5.28. The number of aliphatic hydroxyl groups is 5. The van der Waals surface area contributed by atoms with Gasteiger partial charge in [0.1, 0.15) is 30.2 Å². The Bertz CT molecular complexity index is 505. The summed E-state index contributed by atoms with van der Waals surface area (Å²) in [5.41, 5.74) is 0.790. The van der Waals surface area contributed by atoms with Crippen LogP contribution in [0.25, 0.3) is 0 Å². The van der Waals surface area contributed by atoms with E-state index in [0.717, 1.165) is 5.56 Å². The van der Waals surface area contributed by atoms with Gasteiger partial charge in [0.2, 0.25) is 0 Å². The molecule has 1 saturated heterocycles. The third-order valence-electron chi connectivity index (χ3n) is 4.28. The molecular formula is C16H24O8. The standard InChI is InChI=1S/C16H24O8/c1-8(9-2-4-10(18)5-3-9)11(19)7-23-16-15(22)14(21)13(20)12(6-17)24-16/h2-5,8,11-22H,6-7H2,1H3/t8?,11?,12?,13-,14-,15?,16-/m1/s1. The Kier molecular flexibility index (Phi) is 6.53. The molecule has 0 bridgehead atoms. The Morgan fingerprint density at radius 2 is 1.71 bits per heavy atom. The van der Waals surface area contributed by atoms with E-state index in [9.17, 15) is 25.5 Å². The summed E-state index contributed by atoms with van der Waals surface area (Å²) in [5.74, 6) is -0.187. The van der Waals surface area contributed by atoms with Gasteiger partial charge >= 0.3 is 0 Å². The van der Waals surface area contributed by atoms with Crippen LogP contribution in [0.1, 0.15) is 18.4 Å². The lowest BCUT2D eigenvalue weighted by Gasteiger charge is -2.40. The molecule has 1 aromatic carbocycles. The van der Waals surface area contributed by atoms with Crippen LogP contribution in [0.5, 0.6) is 5.75 Å². The average Bonchev–Trinajstić information content (AvgIpc) is 2.59. The zero-order valence-electron chi connectivity index (χ0n) is 13.3. The fraction of sp³-hybridized carbons (Fsp3) is 0.625. The molecular weight excluding hydrogens is 320 g/mol. The number of benzene rings is 1. The van der Waals surface area contributed by atoms with Crippen molar-refractivity contribution in [3.63, 3.8) is 0 Å². The number of rotatable bonds is 6. The third-order valence-corrected chi connectivity index (χ3v) is 4.28. The molecule has 1 heterocycles. The molecule has 0 aliphatic carbocycles. The SMILES string of the molecule is CC(c1ccc(O)cc1)C(O)CO[C@@H]1OC(CO)[C@@H](O)[C@@H](O)C1O. The molecule has 0 aromatic heterocycles. The van der Waals surface area contributed by atoms with E-state index >= 15 is 0 Å². The molecule has 7 atom stereocenters. The number of aliphatic hydroxyl groups excluding tert-OH is 5. The Hall–Kier alpha value is -1.26. The first-order valence-electron chi connectivity index (χ1n) is 7.74. The Morgan fingerprint density at radius 1 is 1.08 bits per heavy atom. The average molecular weight is 344 g/mol. The van der Waals surface area contributed by atoms with Crippen LogP contribution in [-0.4, -0.2) is 80.7 Å². The number of aromatic hydroxyl groups is 1. The summed E-state index contributed by atoms with van der Waals surface area (Å²) in [7, 11) is 0. The predicted octanol–water partition coefficient (Wildman–Crippen LogP) is -1.33. The first-order valence-corrected chi connectivity index (χ1v) is 7.74. The molecule has 136 valence electrons. The number of ether oxygens (including phenoxy) is 2. The van der Waals surface area contributed by atoms with Crippen molar-refractivity contribution in [2.24, 2.45) is 0 Å². The van der Waals surface area contributed by atoms with Gasteiger partial charge in [-0.2, -0.15) is 0 Å². The molecule has 1 aliphatic rings. The van der Waals surface area contributed by atoms with Crippen LogP contribution in [0.15, 0.2) is 24.3 Å². The van der Waals surface area contributed by atoms with E-state index in [4.69, 9.17) is 14.6 Å². The molecule has 0 amide bonds. The molecule has 8 nitrogen and oxygen atoms in total. The van der Waals surface area contributed by atoms with Crippen molar-refractivity contribution in [3.05, 3.63) is 29.8 Å². The molecule has 6 N–H and O–H groups in total. The van der Waals surface area contributed by atoms with E-state index in [2.05, 4.69) is 0 Å². The van der Waals surface area contributed by atoms with Crippen LogP contribution in [0, 0.1) is 0 Å². The number of phenols is 1. The molecule has 2 rings (SSSR count). The van der Waals surface area contributed by atoms with Gasteiger partial charge in [-0.3, -0.25) is 0 Å². The zero-order chi connectivity index (χ0) is 17.9. The second kappa shape index (κ2) is 8.21. The summed E-state index contributed by atoms with van der Waals surface area (Å²) < 4.78 is 10.5. The largest absolute Gasteiger partial charge is 0.508 e. The fourth-order valence-corrected chi connectivity index (χ4v) is 2.54. The van der Waals surface area contributed by atoms with E-state index in [1.54, 1.807) is 19.1 Å². The third kappa shape index (κ3) is 4.22. The highest BCUT2D eigenvalue weighted by atomic mass is 16.7. The van der Waals surface area contributed by atoms with Gasteiger partial charge in [-0.1, -0.05) is 19.1 Å². The minimum atomic E-state index is -1.52. The highest BCUT2D eigenvalue weighted by Crippen LogP contribution is 2.25. The Balaban J connectivity index is 1.92. The van der Waals surface area contributed by atoms with E-state index in [-0.39, 0.29) is 18.3 Å². The van der Waals surface area contributed by atoms with Crippen LogP contribution in [-0.2, 0) is 9.47 Å². The lowest BCUT2D eigenvalue weighted by Crippen LogP contribution is -2.59. The van der Waals surface area contributed by atoms with E-state index in [1.165, 1.54) is 12.1 Å². The van der Waals surface area contributed by atoms with E-state index in [0.29, 0.717) is 0 Å². The Labute approximate surface area is 139 Å². The molecule has 1 aromatic rings. The summed E-state index contributed by atoms with van der Waals surface area (Å²) in [6.07, 6.45) is -7.73. The predicted molar refractivity (Wildman–Crippen MR) is 82.2 cm³/mol. The molecule has 1 aliphatic heterocycles. The van der Waals surface area contributed by atoms with Crippen LogP contribution in [0.3, 0.4) is 0 Å². The second-order valence-corrected chi connectivity index (χ2v) is 5.98. The van der Waals surface area contributed by atoms with Gasteiger partial charge < -0.3 is 40.1 Å². The maximum atomic E-state index is 10.2. The monoisotopic (exact) mass is 344 g/mol. The minimum absolute atomic E-state index is 0.123. The van der Waals surface area contributed by atoms with E-state index in [1.807, 2.05) is 0 Å². The minimum Gasteiger partial charge on any atom is -0.508 e. The normalized spacial score (nSPS) is 33.2. The van der Waals surface area contributed by atoms with Gasteiger partial charge in [0, 0.05) is 5.92 Å². The summed E-state index contributed by atoms with van der Waals surface area (Å²) in [6, 6.07) is 6.38. The summed E-state index contributed by atoms with van der Waals surface area (Å²) in [4.78, 5) is 0. The molecule has 24 heavy (non-hydrogen) atoms. The van der Waals surface area contributed by atoms with Crippen LogP contribution < -0.4 is 0 Å². The molecule has 1 fully saturated rings. The van der Waals surface area contributed by atoms with Crippen LogP contribution in [0.4, 0.5) is 0 Å². The molecule has 8 heteroatoms. The lowest BCUT2D eigenvalue weighted by molar-refractivity contribution is -0.304. The Morgan fingerprint density at radius 3 is 2.29 bits per heavy atom. The maximum absolute atomic E-state index is 10.2. The molecule has 0 radical (unpaired) electrons. The number of hydrogen-bond acceptors (Lipinski definition) is 8. The maximum Gasteiger partial charge on any atom is 0.186 e. The summed E-state index contributed by atoms with van der Waals surface area (Å²) in [6.45, 7) is 1.04. The van der Waals surface area contributed by atoms with Crippen LogP contribution >= 0.6 is 0 Å². The molecule has 0 saturated carbocycles. The van der Waals surface area contributed by atoms with Gasteiger partial charge in [-0.15, -0.1) is 0 Å². The van der Waals surface area contributed by atoms with E-state index < -0.39 is 43.4 Å². The zero-order valence-corrected chi connectivity index (χ0v) is 13.3.